The second-order valence-electron chi connectivity index (χ2n) is 9.05. The zero-order valence-corrected chi connectivity index (χ0v) is 20.5. The molecule has 6 heterocycles. The van der Waals surface area contributed by atoms with E-state index in [2.05, 4.69) is 35.2 Å². The number of nitrogens with one attached hydrogen (secondary N) is 2. The van der Waals surface area contributed by atoms with Crippen LogP contribution in [0.25, 0.3) is 22.2 Å². The van der Waals surface area contributed by atoms with Gasteiger partial charge in [-0.15, -0.1) is 0 Å². The van der Waals surface area contributed by atoms with Crippen molar-refractivity contribution in [1.82, 2.24) is 29.6 Å². The third-order valence-corrected chi connectivity index (χ3v) is 7.36. The van der Waals surface area contributed by atoms with Crippen LogP contribution in [0.1, 0.15) is 22.7 Å². The molecule has 1 fully saturated rings. The van der Waals surface area contributed by atoms with E-state index in [0.717, 1.165) is 41.0 Å². The first-order valence-corrected chi connectivity index (χ1v) is 12.3. The molecule has 2 aliphatic rings. The fourth-order valence-corrected chi connectivity index (χ4v) is 5.43. The molecule has 5 aromatic rings. The largest absolute Gasteiger partial charge is 0.349 e. The average Bonchev–Trinajstić information content (AvgIpc) is 3.53. The van der Waals surface area contributed by atoms with Crippen LogP contribution < -0.4 is 15.2 Å². The Kier molecular flexibility index (Phi) is 5.02. The molecule has 1 aromatic carbocycles. The van der Waals surface area contributed by atoms with Gasteiger partial charge >= 0.3 is 0 Å². The standard InChI is InChI=1S/C26H19ClN10O/c27-18-6-9-36-22(18)26(38)37(16-4-2-1-3-5-16)24(34-36)19-7-8-35(19)25-21-17(13-31-23(21)32-14-33-25)15-11-29-20(10-28)30-12-15/h1-6,9,11-14,19,24,34H,7-8H2,(H,31,32,33)/t19-,24?/m0/s1. The first-order valence-electron chi connectivity index (χ1n) is 12.0. The minimum atomic E-state index is -0.389. The summed E-state index contributed by atoms with van der Waals surface area (Å²) in [5, 5.41) is 10.3. The number of rotatable bonds is 4. The summed E-state index contributed by atoms with van der Waals surface area (Å²) in [5.41, 5.74) is 6.91. The van der Waals surface area contributed by atoms with Crippen molar-refractivity contribution in [2.45, 2.75) is 18.6 Å². The highest BCUT2D eigenvalue weighted by molar-refractivity contribution is 6.34. The van der Waals surface area contributed by atoms with Crippen molar-refractivity contribution in [1.29, 1.82) is 5.26 Å². The molecule has 1 unspecified atom stereocenters. The third kappa shape index (κ3) is 3.31. The zero-order valence-electron chi connectivity index (χ0n) is 19.8. The van der Waals surface area contributed by atoms with Crippen LogP contribution in [-0.2, 0) is 0 Å². The molecular weight excluding hydrogens is 504 g/mol. The van der Waals surface area contributed by atoms with Crippen LogP contribution in [0.3, 0.4) is 0 Å². The fourth-order valence-electron chi connectivity index (χ4n) is 5.20. The van der Waals surface area contributed by atoms with E-state index in [9.17, 15) is 4.79 Å². The summed E-state index contributed by atoms with van der Waals surface area (Å²) in [6.07, 6.45) is 8.83. The second kappa shape index (κ2) is 8.57. The molecule has 1 amide bonds. The molecule has 2 N–H and O–H groups in total. The molecule has 186 valence electrons. The van der Waals surface area contributed by atoms with Gasteiger partial charge in [-0.25, -0.2) is 19.9 Å². The van der Waals surface area contributed by atoms with Gasteiger partial charge in [-0.3, -0.25) is 14.4 Å². The van der Waals surface area contributed by atoms with E-state index in [1.165, 1.54) is 6.33 Å². The summed E-state index contributed by atoms with van der Waals surface area (Å²) in [6, 6.07) is 13.1. The molecule has 0 bridgehead atoms. The van der Waals surface area contributed by atoms with Gasteiger partial charge < -0.3 is 15.3 Å². The monoisotopic (exact) mass is 522 g/mol. The molecule has 2 atom stereocenters. The van der Waals surface area contributed by atoms with Crippen molar-refractivity contribution in [3.63, 3.8) is 0 Å². The van der Waals surface area contributed by atoms with Gasteiger partial charge in [0.05, 0.1) is 16.5 Å². The fraction of sp³-hybridized carbons (Fsp3) is 0.154. The number of para-hydroxylation sites is 1. The van der Waals surface area contributed by atoms with Crippen LogP contribution in [0.2, 0.25) is 5.02 Å². The molecule has 7 rings (SSSR count). The number of H-pyrrole nitrogens is 1. The Morgan fingerprint density at radius 3 is 2.63 bits per heavy atom. The molecule has 2 aliphatic heterocycles. The lowest BCUT2D eigenvalue weighted by Crippen LogP contribution is -2.67. The van der Waals surface area contributed by atoms with Crippen molar-refractivity contribution in [2.75, 3.05) is 21.8 Å². The quantitative estimate of drug-likeness (QED) is 0.366. The van der Waals surface area contributed by atoms with Gasteiger partial charge in [-0.2, -0.15) is 5.26 Å². The summed E-state index contributed by atoms with van der Waals surface area (Å²) < 4.78 is 1.71. The first kappa shape index (κ1) is 22.3. The Balaban J connectivity index is 1.31. The van der Waals surface area contributed by atoms with Gasteiger partial charge in [-0.1, -0.05) is 29.8 Å². The van der Waals surface area contributed by atoms with E-state index in [-0.39, 0.29) is 23.9 Å². The van der Waals surface area contributed by atoms with Crippen LogP contribution in [0.5, 0.6) is 0 Å². The van der Waals surface area contributed by atoms with Gasteiger partial charge in [0.1, 0.15) is 35.7 Å². The Hall–Kier alpha value is -4.95. The minimum absolute atomic E-state index is 0.0912. The molecule has 38 heavy (non-hydrogen) atoms. The molecule has 12 heteroatoms. The number of anilines is 2. The van der Waals surface area contributed by atoms with E-state index in [4.69, 9.17) is 16.9 Å². The summed E-state index contributed by atoms with van der Waals surface area (Å²) in [5.74, 6) is 0.670. The van der Waals surface area contributed by atoms with Crippen LogP contribution in [0.4, 0.5) is 11.5 Å². The Labute approximate surface area is 221 Å². The topological polar surface area (TPSA) is 132 Å². The number of halogens is 1. The lowest BCUT2D eigenvalue weighted by atomic mass is 9.96. The highest BCUT2D eigenvalue weighted by atomic mass is 35.5. The molecule has 4 aromatic heterocycles. The second-order valence-corrected chi connectivity index (χ2v) is 9.45. The highest BCUT2D eigenvalue weighted by Crippen LogP contribution is 2.39. The van der Waals surface area contributed by atoms with Crippen LogP contribution in [0.15, 0.2) is 67.5 Å². The normalized spacial score (nSPS) is 18.6. The maximum Gasteiger partial charge on any atom is 0.280 e. The van der Waals surface area contributed by atoms with E-state index >= 15 is 0 Å². The maximum absolute atomic E-state index is 13.8. The van der Waals surface area contributed by atoms with Gasteiger partial charge in [0.15, 0.2) is 0 Å². The summed E-state index contributed by atoms with van der Waals surface area (Å²) >= 11 is 6.39. The van der Waals surface area contributed by atoms with Crippen molar-refractivity contribution in [2.24, 2.45) is 0 Å². The average molecular weight is 523 g/mol. The molecular formula is C26H19ClN10O. The molecule has 0 radical (unpaired) electrons. The number of fused-ring (bicyclic) bond motifs is 2. The van der Waals surface area contributed by atoms with Crippen molar-refractivity contribution < 1.29 is 4.79 Å². The number of carbonyl (C=O) groups excluding carboxylic acids is 1. The zero-order chi connectivity index (χ0) is 25.8. The molecule has 11 nitrogen and oxygen atoms in total. The SMILES string of the molecule is N#Cc1ncc(-c2c[nH]c3ncnc(N4CC[C@H]4C4Nn5ccc(Cl)c5C(=O)N4c4ccccc4)c23)cn1. The Morgan fingerprint density at radius 2 is 1.89 bits per heavy atom. The van der Waals surface area contributed by atoms with Crippen molar-refractivity contribution in [3.05, 3.63) is 84.1 Å². The summed E-state index contributed by atoms with van der Waals surface area (Å²) in [4.78, 5) is 38.3. The number of benzene rings is 1. The molecule has 1 saturated heterocycles. The maximum atomic E-state index is 13.8. The Morgan fingerprint density at radius 1 is 1.08 bits per heavy atom. The number of hydrogen-bond acceptors (Lipinski definition) is 8. The van der Waals surface area contributed by atoms with E-state index in [1.807, 2.05) is 42.6 Å². The summed E-state index contributed by atoms with van der Waals surface area (Å²) in [7, 11) is 0. The minimum Gasteiger partial charge on any atom is -0.349 e. The van der Waals surface area contributed by atoms with Gasteiger partial charge in [0.2, 0.25) is 5.82 Å². The predicted octanol–water partition coefficient (Wildman–Crippen LogP) is 3.55. The number of aromatic nitrogens is 6. The van der Waals surface area contributed by atoms with Crippen molar-refractivity contribution in [3.8, 4) is 17.2 Å². The third-order valence-electron chi connectivity index (χ3n) is 7.06. The van der Waals surface area contributed by atoms with Gasteiger partial charge in [0.25, 0.3) is 5.91 Å². The number of carbonyl (C=O) groups is 1. The number of amides is 1. The number of hydrogen-bond donors (Lipinski definition) is 2. The Bertz CT molecular complexity index is 1720. The number of nitriles is 1. The van der Waals surface area contributed by atoms with Crippen LogP contribution in [-0.4, -0.2) is 54.3 Å². The molecule has 0 saturated carbocycles. The van der Waals surface area contributed by atoms with E-state index in [0.29, 0.717) is 16.4 Å². The number of aromatic amines is 1. The first-order chi connectivity index (χ1) is 18.6. The molecule has 0 spiro atoms. The molecule has 0 aliphatic carbocycles. The smallest absolute Gasteiger partial charge is 0.280 e. The highest BCUT2D eigenvalue weighted by Gasteiger charge is 2.45. The number of nitrogens with zero attached hydrogens (tertiary/aromatic N) is 8. The summed E-state index contributed by atoms with van der Waals surface area (Å²) in [6.45, 7) is 0.750. The van der Waals surface area contributed by atoms with Crippen LogP contribution in [0, 0.1) is 11.3 Å². The lowest BCUT2D eigenvalue weighted by Gasteiger charge is -2.51. The van der Waals surface area contributed by atoms with E-state index in [1.54, 1.807) is 34.2 Å². The predicted molar refractivity (Wildman–Crippen MR) is 141 cm³/mol. The van der Waals surface area contributed by atoms with Gasteiger partial charge in [-0.05, 0) is 24.6 Å². The van der Waals surface area contributed by atoms with Gasteiger partial charge in [0, 0.05) is 48.1 Å². The van der Waals surface area contributed by atoms with E-state index < -0.39 is 0 Å². The van der Waals surface area contributed by atoms with Crippen LogP contribution >= 0.6 is 11.6 Å². The lowest BCUT2D eigenvalue weighted by molar-refractivity contribution is 0.0948. The van der Waals surface area contributed by atoms with Crippen molar-refractivity contribution >= 4 is 40.0 Å².